The molecule has 27 heavy (non-hydrogen) atoms. The number of anilines is 2. The van der Waals surface area contributed by atoms with Crippen molar-refractivity contribution in [3.05, 3.63) is 37.8 Å². The Balaban J connectivity index is 1.77. The molecule has 0 radical (unpaired) electrons. The number of hydrogen-bond acceptors (Lipinski definition) is 7. The highest BCUT2D eigenvalue weighted by Gasteiger charge is 2.36. The van der Waals surface area contributed by atoms with Crippen LogP contribution in [0.5, 0.6) is 0 Å². The van der Waals surface area contributed by atoms with Crippen LogP contribution in [0.2, 0.25) is 5.02 Å². The maximum atomic E-state index is 12.7. The Morgan fingerprint density at radius 3 is 2.44 bits per heavy atom. The van der Waals surface area contributed by atoms with Crippen LogP contribution >= 0.6 is 22.9 Å². The van der Waals surface area contributed by atoms with Gasteiger partial charge in [-0.3, -0.25) is 10.1 Å². The number of nitro benzene ring substituents is 1. The number of benzene rings is 1. The molecule has 1 fully saturated rings. The Kier molecular flexibility index (Phi) is 5.43. The van der Waals surface area contributed by atoms with Crippen LogP contribution in [-0.4, -0.2) is 41.3 Å². The average Bonchev–Trinajstić information content (AvgIpc) is 2.95. The molecule has 0 N–H and O–H groups in total. The lowest BCUT2D eigenvalue weighted by atomic mass is 10.1. The first-order chi connectivity index (χ1) is 12.7. The average molecular weight is 422 g/mol. The van der Waals surface area contributed by atoms with Gasteiger partial charge in [0.05, 0.1) is 15.6 Å². The molecule has 0 atom stereocenters. The largest absolute Gasteiger partial charge is 0.445 e. The number of nitro groups is 1. The number of aryl methyl sites for hydroxylation is 1. The summed E-state index contributed by atoms with van der Waals surface area (Å²) in [5.74, 6) is 0. The van der Waals surface area contributed by atoms with Crippen LogP contribution in [0.4, 0.5) is 29.7 Å². The van der Waals surface area contributed by atoms with Crippen molar-refractivity contribution in [1.29, 1.82) is 0 Å². The van der Waals surface area contributed by atoms with Crippen LogP contribution in [-0.2, 0) is 6.18 Å². The molecule has 1 aliphatic heterocycles. The Morgan fingerprint density at radius 2 is 1.85 bits per heavy atom. The third-order valence-electron chi connectivity index (χ3n) is 4.19. The summed E-state index contributed by atoms with van der Waals surface area (Å²) in [7, 11) is 0. The van der Waals surface area contributed by atoms with Crippen LogP contribution in [0.15, 0.2) is 12.1 Å². The van der Waals surface area contributed by atoms with Crippen molar-refractivity contribution in [2.45, 2.75) is 19.5 Å². The minimum atomic E-state index is -4.50. The quantitative estimate of drug-likeness (QED) is 0.547. The lowest BCUT2D eigenvalue weighted by Gasteiger charge is -2.26. The molecule has 3 rings (SSSR count). The predicted molar refractivity (Wildman–Crippen MR) is 96.8 cm³/mol. The molecular weight excluding hydrogens is 407 g/mol. The van der Waals surface area contributed by atoms with Gasteiger partial charge in [0.1, 0.15) is 0 Å². The molecule has 0 saturated carbocycles. The lowest BCUT2D eigenvalue weighted by Crippen LogP contribution is -2.31. The van der Waals surface area contributed by atoms with Crippen LogP contribution in [0.1, 0.15) is 17.0 Å². The fourth-order valence-corrected chi connectivity index (χ4v) is 4.16. The highest BCUT2D eigenvalue weighted by molar-refractivity contribution is 7.15. The van der Waals surface area contributed by atoms with Crippen LogP contribution in [0.25, 0.3) is 0 Å². The summed E-state index contributed by atoms with van der Waals surface area (Å²) in [5, 5.41) is 17.4. The van der Waals surface area contributed by atoms with Gasteiger partial charge in [0, 0.05) is 38.3 Å². The minimum Gasteiger partial charge on any atom is -0.368 e. The Hall–Kier alpha value is -2.14. The van der Waals surface area contributed by atoms with Gasteiger partial charge in [0.2, 0.25) is 10.1 Å². The lowest BCUT2D eigenvalue weighted by molar-refractivity contribution is -0.384. The second-order valence-electron chi connectivity index (χ2n) is 6.07. The van der Waals surface area contributed by atoms with E-state index in [9.17, 15) is 23.3 Å². The topological polar surface area (TPSA) is 75.4 Å². The Bertz CT molecular complexity index is 837. The van der Waals surface area contributed by atoms with E-state index in [4.69, 9.17) is 11.6 Å². The van der Waals surface area contributed by atoms with Gasteiger partial charge in [0.25, 0.3) is 5.69 Å². The summed E-state index contributed by atoms with van der Waals surface area (Å²) < 4.78 is 38.2. The van der Waals surface area contributed by atoms with E-state index in [1.165, 1.54) is 12.1 Å². The minimum absolute atomic E-state index is 0.0776. The number of halogens is 4. The van der Waals surface area contributed by atoms with Crippen molar-refractivity contribution in [1.82, 2.24) is 10.2 Å². The van der Waals surface area contributed by atoms with E-state index < -0.39 is 16.1 Å². The van der Waals surface area contributed by atoms with Crippen LogP contribution in [0.3, 0.4) is 0 Å². The van der Waals surface area contributed by atoms with Crippen molar-refractivity contribution in [3.63, 3.8) is 0 Å². The summed E-state index contributed by atoms with van der Waals surface area (Å²) in [6.45, 7) is 3.85. The molecule has 1 aromatic carbocycles. The summed E-state index contributed by atoms with van der Waals surface area (Å²) in [6, 6.07) is 2.77. The summed E-state index contributed by atoms with van der Waals surface area (Å²) in [4.78, 5) is 14.2. The number of nitrogens with zero attached hydrogens (tertiary/aromatic N) is 5. The molecule has 12 heteroatoms. The molecule has 0 spiro atoms. The maximum Gasteiger partial charge on any atom is 0.445 e. The molecule has 0 aliphatic carbocycles. The standard InChI is InChI=1S/C15H15ClF3N5O2S/c1-9-7-10(24(25)26)8-11(16)12(9)22-3-2-4-23(6-5-22)14-21-20-13(27-14)15(17,18)19/h7-8H,2-6H2,1H3. The summed E-state index contributed by atoms with van der Waals surface area (Å²) >= 11 is 6.79. The van der Waals surface area contributed by atoms with E-state index in [1.807, 2.05) is 4.90 Å². The number of alkyl halides is 3. The molecule has 0 amide bonds. The first-order valence-corrected chi connectivity index (χ1v) is 9.21. The molecule has 146 valence electrons. The molecular formula is C15H15ClF3N5O2S. The number of rotatable bonds is 3. The van der Waals surface area contributed by atoms with Crippen molar-refractivity contribution in [3.8, 4) is 0 Å². The molecule has 0 unspecified atom stereocenters. The summed E-state index contributed by atoms with van der Waals surface area (Å²) in [5.41, 5.74) is 1.31. The molecule has 1 aromatic heterocycles. The van der Waals surface area contributed by atoms with Crippen LogP contribution < -0.4 is 9.80 Å². The van der Waals surface area contributed by atoms with E-state index in [-0.39, 0.29) is 15.8 Å². The van der Waals surface area contributed by atoms with Gasteiger partial charge in [-0.2, -0.15) is 13.2 Å². The van der Waals surface area contributed by atoms with Gasteiger partial charge in [-0.1, -0.05) is 22.9 Å². The molecule has 0 bridgehead atoms. The molecule has 1 saturated heterocycles. The zero-order valence-corrected chi connectivity index (χ0v) is 15.7. The normalized spacial score (nSPS) is 15.7. The molecule has 7 nitrogen and oxygen atoms in total. The van der Waals surface area contributed by atoms with Crippen LogP contribution in [0, 0.1) is 17.0 Å². The first kappa shape index (κ1) is 19.6. The zero-order valence-electron chi connectivity index (χ0n) is 14.2. The maximum absolute atomic E-state index is 12.7. The van der Waals surface area contributed by atoms with E-state index in [2.05, 4.69) is 10.2 Å². The second-order valence-corrected chi connectivity index (χ2v) is 7.43. The number of aromatic nitrogens is 2. The van der Waals surface area contributed by atoms with Gasteiger partial charge < -0.3 is 9.80 Å². The van der Waals surface area contributed by atoms with Crippen molar-refractivity contribution < 1.29 is 18.1 Å². The first-order valence-electron chi connectivity index (χ1n) is 8.02. The predicted octanol–water partition coefficient (Wildman–Crippen LogP) is 4.14. The smallest absolute Gasteiger partial charge is 0.368 e. The molecule has 2 heterocycles. The Morgan fingerprint density at radius 1 is 1.19 bits per heavy atom. The highest BCUT2D eigenvalue weighted by atomic mass is 35.5. The van der Waals surface area contributed by atoms with E-state index in [1.54, 1.807) is 11.8 Å². The number of non-ortho nitro benzene ring substituents is 1. The van der Waals surface area contributed by atoms with Gasteiger partial charge in [0.15, 0.2) is 0 Å². The van der Waals surface area contributed by atoms with Gasteiger partial charge in [-0.05, 0) is 18.9 Å². The second kappa shape index (κ2) is 7.47. The van der Waals surface area contributed by atoms with Crippen molar-refractivity contribution in [2.75, 3.05) is 36.0 Å². The fraction of sp³-hybridized carbons (Fsp3) is 0.467. The van der Waals surface area contributed by atoms with Crippen molar-refractivity contribution in [2.24, 2.45) is 0 Å². The zero-order chi connectivity index (χ0) is 19.8. The van der Waals surface area contributed by atoms with Gasteiger partial charge in [-0.15, -0.1) is 10.2 Å². The van der Waals surface area contributed by atoms with Gasteiger partial charge >= 0.3 is 6.18 Å². The van der Waals surface area contributed by atoms with E-state index in [0.29, 0.717) is 55.2 Å². The molecule has 1 aliphatic rings. The summed E-state index contributed by atoms with van der Waals surface area (Å²) in [6.07, 6.45) is -3.83. The fourth-order valence-electron chi connectivity index (χ4n) is 3.01. The van der Waals surface area contributed by atoms with E-state index in [0.717, 1.165) is 0 Å². The third kappa shape index (κ3) is 4.24. The highest BCUT2D eigenvalue weighted by Crippen LogP contribution is 2.36. The van der Waals surface area contributed by atoms with Crippen molar-refractivity contribution >= 4 is 39.4 Å². The van der Waals surface area contributed by atoms with Gasteiger partial charge in [-0.25, -0.2) is 0 Å². The Labute approximate surface area is 161 Å². The SMILES string of the molecule is Cc1cc([N+](=O)[O-])cc(Cl)c1N1CCCN(c2nnc(C(F)(F)F)s2)CC1. The number of hydrogen-bond donors (Lipinski definition) is 0. The molecule has 2 aromatic rings. The monoisotopic (exact) mass is 421 g/mol. The van der Waals surface area contributed by atoms with E-state index >= 15 is 0 Å². The third-order valence-corrected chi connectivity index (χ3v) is 5.51.